The summed E-state index contributed by atoms with van der Waals surface area (Å²) in [7, 11) is 0. The largest absolute Gasteiger partial charge is 0.508 e. The zero-order valence-electron chi connectivity index (χ0n) is 16.3. The van der Waals surface area contributed by atoms with Gasteiger partial charge < -0.3 is 20.2 Å². The third kappa shape index (κ3) is 5.03. The number of pyridine rings is 1. The smallest absolute Gasteiger partial charge is 0.128 e. The number of hydrogen-bond donors (Lipinski definition) is 2. The molecule has 3 aromatic rings. The number of phenolic OH excluding ortho intramolecular Hbond substituents is 1. The maximum absolute atomic E-state index is 13.1. The molecule has 0 aliphatic carbocycles. The minimum absolute atomic E-state index is 0.203. The predicted molar refractivity (Wildman–Crippen MR) is 114 cm³/mol. The Hall–Kier alpha value is -3.12. The van der Waals surface area contributed by atoms with Gasteiger partial charge in [-0.15, -0.1) is 0 Å². The Labute approximate surface area is 170 Å². The highest BCUT2D eigenvalue weighted by molar-refractivity contribution is 5.49. The molecule has 1 aromatic heterocycles. The van der Waals surface area contributed by atoms with Crippen LogP contribution in [0.5, 0.6) is 5.75 Å². The van der Waals surface area contributed by atoms with E-state index < -0.39 is 0 Å². The van der Waals surface area contributed by atoms with Gasteiger partial charge in [0.1, 0.15) is 17.4 Å². The van der Waals surface area contributed by atoms with Crippen LogP contribution in [-0.2, 0) is 13.1 Å². The second kappa shape index (κ2) is 8.92. The SMILES string of the molecule is Oc1cccc(CNCc2ccnc(N3CCN(c4ccc(F)cc4)CC3)c2)c1. The van der Waals surface area contributed by atoms with E-state index in [1.165, 1.54) is 17.7 Å². The molecule has 2 aromatic carbocycles. The topological polar surface area (TPSA) is 51.6 Å². The summed E-state index contributed by atoms with van der Waals surface area (Å²) in [5, 5.41) is 13.0. The summed E-state index contributed by atoms with van der Waals surface area (Å²) in [4.78, 5) is 9.11. The van der Waals surface area contributed by atoms with Gasteiger partial charge in [0.15, 0.2) is 0 Å². The number of benzene rings is 2. The average Bonchev–Trinajstić information content (AvgIpc) is 2.75. The van der Waals surface area contributed by atoms with Crippen molar-refractivity contribution in [3.05, 3.63) is 83.8 Å². The number of nitrogens with zero attached hydrogens (tertiary/aromatic N) is 3. The maximum atomic E-state index is 13.1. The van der Waals surface area contributed by atoms with Gasteiger partial charge in [0.2, 0.25) is 0 Å². The minimum Gasteiger partial charge on any atom is -0.508 e. The maximum Gasteiger partial charge on any atom is 0.128 e. The first kappa shape index (κ1) is 19.2. The Balaban J connectivity index is 1.31. The lowest BCUT2D eigenvalue weighted by atomic mass is 10.2. The second-order valence-electron chi connectivity index (χ2n) is 7.25. The van der Waals surface area contributed by atoms with E-state index in [9.17, 15) is 9.50 Å². The van der Waals surface area contributed by atoms with Gasteiger partial charge in [0.25, 0.3) is 0 Å². The molecule has 0 amide bonds. The molecule has 0 unspecified atom stereocenters. The molecule has 1 fully saturated rings. The lowest BCUT2D eigenvalue weighted by Gasteiger charge is -2.36. The molecule has 0 bridgehead atoms. The summed E-state index contributed by atoms with van der Waals surface area (Å²) in [6, 6.07) is 18.1. The van der Waals surface area contributed by atoms with Crippen molar-refractivity contribution in [2.45, 2.75) is 13.1 Å². The third-order valence-electron chi connectivity index (χ3n) is 5.17. The number of aromatic hydroxyl groups is 1. The number of aromatic nitrogens is 1. The van der Waals surface area contributed by atoms with Gasteiger partial charge in [-0.05, 0) is 59.7 Å². The first-order chi connectivity index (χ1) is 14.2. The van der Waals surface area contributed by atoms with Gasteiger partial charge in [-0.2, -0.15) is 0 Å². The summed E-state index contributed by atoms with van der Waals surface area (Å²) in [5.41, 5.74) is 3.29. The van der Waals surface area contributed by atoms with E-state index in [1.807, 2.05) is 36.5 Å². The summed E-state index contributed by atoms with van der Waals surface area (Å²) >= 11 is 0. The molecule has 0 spiro atoms. The number of halogens is 1. The molecule has 1 aliphatic rings. The van der Waals surface area contributed by atoms with Gasteiger partial charge in [-0.3, -0.25) is 0 Å². The Morgan fingerprint density at radius 1 is 0.862 bits per heavy atom. The number of piperazine rings is 1. The Kier molecular flexibility index (Phi) is 5.91. The van der Waals surface area contributed by atoms with Crippen LogP contribution in [0.1, 0.15) is 11.1 Å². The van der Waals surface area contributed by atoms with Crippen molar-refractivity contribution in [3.8, 4) is 5.75 Å². The zero-order valence-corrected chi connectivity index (χ0v) is 16.3. The van der Waals surface area contributed by atoms with Crippen molar-refractivity contribution < 1.29 is 9.50 Å². The van der Waals surface area contributed by atoms with Crippen molar-refractivity contribution in [3.63, 3.8) is 0 Å². The quantitative estimate of drug-likeness (QED) is 0.672. The van der Waals surface area contributed by atoms with Gasteiger partial charge in [-0.25, -0.2) is 9.37 Å². The molecule has 4 rings (SSSR count). The molecule has 29 heavy (non-hydrogen) atoms. The van der Waals surface area contributed by atoms with Gasteiger partial charge in [0, 0.05) is 51.2 Å². The van der Waals surface area contributed by atoms with Crippen LogP contribution in [0.4, 0.5) is 15.9 Å². The van der Waals surface area contributed by atoms with E-state index in [1.54, 1.807) is 12.1 Å². The standard InChI is InChI=1S/C23H25FN4O/c24-20-4-6-21(7-5-20)27-10-12-28(13-11-27)23-15-19(8-9-26-23)17-25-16-18-2-1-3-22(29)14-18/h1-9,14-15,25,29H,10-13,16-17H2. The molecule has 2 heterocycles. The van der Waals surface area contributed by atoms with Crippen LogP contribution in [0.3, 0.4) is 0 Å². The number of rotatable bonds is 6. The number of nitrogens with one attached hydrogen (secondary N) is 1. The average molecular weight is 392 g/mol. The van der Waals surface area contributed by atoms with Crippen molar-refractivity contribution in [2.24, 2.45) is 0 Å². The molecule has 0 saturated carbocycles. The summed E-state index contributed by atoms with van der Waals surface area (Å²) in [6.45, 7) is 4.96. The van der Waals surface area contributed by atoms with E-state index >= 15 is 0 Å². The monoisotopic (exact) mass is 392 g/mol. The molecule has 0 atom stereocenters. The minimum atomic E-state index is -0.203. The predicted octanol–water partition coefficient (Wildman–Crippen LogP) is 3.54. The highest BCUT2D eigenvalue weighted by Crippen LogP contribution is 2.20. The van der Waals surface area contributed by atoms with E-state index in [2.05, 4.69) is 26.2 Å². The first-order valence-corrected chi connectivity index (χ1v) is 9.86. The first-order valence-electron chi connectivity index (χ1n) is 9.86. The van der Waals surface area contributed by atoms with Crippen LogP contribution in [0.25, 0.3) is 0 Å². The summed E-state index contributed by atoms with van der Waals surface area (Å²) in [6.07, 6.45) is 1.85. The molecule has 6 heteroatoms. The van der Waals surface area contributed by atoms with Crippen molar-refractivity contribution in [1.82, 2.24) is 10.3 Å². The highest BCUT2D eigenvalue weighted by atomic mass is 19.1. The van der Waals surface area contributed by atoms with E-state index in [-0.39, 0.29) is 11.6 Å². The summed E-state index contributed by atoms with van der Waals surface area (Å²) < 4.78 is 13.1. The molecule has 5 nitrogen and oxygen atoms in total. The number of hydrogen-bond acceptors (Lipinski definition) is 5. The molecule has 150 valence electrons. The Bertz CT molecular complexity index is 940. The second-order valence-corrected chi connectivity index (χ2v) is 7.25. The van der Waals surface area contributed by atoms with Crippen molar-refractivity contribution >= 4 is 11.5 Å². The lowest BCUT2D eigenvalue weighted by Crippen LogP contribution is -2.46. The van der Waals surface area contributed by atoms with Crippen LogP contribution in [-0.4, -0.2) is 36.3 Å². The third-order valence-corrected chi connectivity index (χ3v) is 5.17. The van der Waals surface area contributed by atoms with Gasteiger partial charge in [-0.1, -0.05) is 12.1 Å². The van der Waals surface area contributed by atoms with Crippen LogP contribution in [0.2, 0.25) is 0 Å². The molecule has 1 aliphatic heterocycles. The van der Waals surface area contributed by atoms with E-state index in [0.29, 0.717) is 6.54 Å². The fourth-order valence-electron chi connectivity index (χ4n) is 3.61. The summed E-state index contributed by atoms with van der Waals surface area (Å²) in [5.74, 6) is 1.07. The van der Waals surface area contributed by atoms with Gasteiger partial charge >= 0.3 is 0 Å². The molecule has 1 saturated heterocycles. The van der Waals surface area contributed by atoms with Crippen LogP contribution in [0, 0.1) is 5.82 Å². The fourth-order valence-corrected chi connectivity index (χ4v) is 3.61. The van der Waals surface area contributed by atoms with E-state index in [0.717, 1.165) is 49.8 Å². The number of phenols is 1. The van der Waals surface area contributed by atoms with Crippen LogP contribution in [0.15, 0.2) is 66.9 Å². The normalized spacial score (nSPS) is 14.2. The fraction of sp³-hybridized carbons (Fsp3) is 0.261. The van der Waals surface area contributed by atoms with Crippen LogP contribution < -0.4 is 15.1 Å². The van der Waals surface area contributed by atoms with Gasteiger partial charge in [0.05, 0.1) is 0 Å². The van der Waals surface area contributed by atoms with Crippen molar-refractivity contribution in [2.75, 3.05) is 36.0 Å². The number of anilines is 2. The zero-order chi connectivity index (χ0) is 20.1. The van der Waals surface area contributed by atoms with Crippen LogP contribution >= 0.6 is 0 Å². The Morgan fingerprint density at radius 2 is 1.55 bits per heavy atom. The molecular weight excluding hydrogens is 367 g/mol. The van der Waals surface area contributed by atoms with Crippen molar-refractivity contribution in [1.29, 1.82) is 0 Å². The molecule has 2 N–H and O–H groups in total. The lowest BCUT2D eigenvalue weighted by molar-refractivity contribution is 0.474. The van der Waals surface area contributed by atoms with E-state index in [4.69, 9.17) is 0 Å². The highest BCUT2D eigenvalue weighted by Gasteiger charge is 2.18. The Morgan fingerprint density at radius 3 is 2.28 bits per heavy atom. The molecular formula is C23H25FN4O. The molecule has 0 radical (unpaired) electrons.